The van der Waals surface area contributed by atoms with Crippen LogP contribution in [-0.4, -0.2) is 18.6 Å². The molecule has 0 spiro atoms. The van der Waals surface area contributed by atoms with Gasteiger partial charge in [-0.2, -0.15) is 4.98 Å². The zero-order valence-electron chi connectivity index (χ0n) is 10.8. The highest BCUT2D eigenvalue weighted by Gasteiger charge is 2.18. The number of benzene rings is 1. The Morgan fingerprint density at radius 1 is 1.48 bits per heavy atom. The molecule has 0 aliphatic rings. The monoisotopic (exact) mass is 379 g/mol. The highest BCUT2D eigenvalue weighted by atomic mass is 79.9. The van der Waals surface area contributed by atoms with E-state index in [1.807, 2.05) is 6.92 Å². The van der Waals surface area contributed by atoms with Crippen LogP contribution in [0.4, 0.5) is 4.39 Å². The number of sulfonamides is 1. The van der Waals surface area contributed by atoms with Gasteiger partial charge in [-0.15, -0.1) is 0 Å². The Hall–Kier alpha value is -1.52. The van der Waals surface area contributed by atoms with E-state index in [1.54, 1.807) is 0 Å². The van der Waals surface area contributed by atoms with Gasteiger partial charge in [0.1, 0.15) is 16.5 Å². The minimum absolute atomic E-state index is 0.0697. The van der Waals surface area contributed by atoms with E-state index in [1.165, 1.54) is 0 Å². The molecule has 0 saturated carbocycles. The van der Waals surface area contributed by atoms with Gasteiger partial charge in [0.15, 0.2) is 12.4 Å². The fourth-order valence-corrected chi connectivity index (χ4v) is 2.69. The summed E-state index contributed by atoms with van der Waals surface area (Å²) in [6, 6.07) is 1.95. The van der Waals surface area contributed by atoms with Gasteiger partial charge in [0.2, 0.25) is 10.0 Å². The second-order valence-corrected chi connectivity index (χ2v) is 6.39. The van der Waals surface area contributed by atoms with E-state index in [-0.39, 0.29) is 22.7 Å². The van der Waals surface area contributed by atoms with Crippen molar-refractivity contribution in [1.29, 1.82) is 0 Å². The Labute approximate surface area is 128 Å². The second-order valence-electron chi connectivity index (χ2n) is 4.00. The standard InChI is InChI=1S/C11H11BrFN3O4S/c1-2-10-15-11(20-16-10)5-19-8-4-7(13)9(3-6(8)12)21(14,17)18/h3-4H,2,5H2,1H3,(H2,14,17,18). The lowest BCUT2D eigenvalue weighted by atomic mass is 10.3. The van der Waals surface area contributed by atoms with Crippen molar-refractivity contribution in [2.45, 2.75) is 24.8 Å². The molecular formula is C11H11BrFN3O4S. The summed E-state index contributed by atoms with van der Waals surface area (Å²) in [7, 11) is -4.14. The fourth-order valence-electron chi connectivity index (χ4n) is 1.47. The smallest absolute Gasteiger partial charge is 0.264 e. The molecule has 0 saturated heterocycles. The molecule has 1 aromatic heterocycles. The molecule has 2 rings (SSSR count). The van der Waals surface area contributed by atoms with Crippen molar-refractivity contribution in [2.75, 3.05) is 0 Å². The maximum Gasteiger partial charge on any atom is 0.264 e. The molecule has 0 bridgehead atoms. The lowest BCUT2D eigenvalue weighted by Crippen LogP contribution is -2.14. The molecule has 0 atom stereocenters. The normalized spacial score (nSPS) is 11.6. The lowest BCUT2D eigenvalue weighted by molar-refractivity contribution is 0.240. The summed E-state index contributed by atoms with van der Waals surface area (Å²) >= 11 is 3.09. The van der Waals surface area contributed by atoms with Crippen molar-refractivity contribution >= 4 is 26.0 Å². The molecule has 2 aromatic rings. The van der Waals surface area contributed by atoms with Crippen LogP contribution in [0.1, 0.15) is 18.6 Å². The Morgan fingerprint density at radius 3 is 2.76 bits per heavy atom. The summed E-state index contributed by atoms with van der Waals surface area (Å²) in [5.41, 5.74) is 0. The highest BCUT2D eigenvalue weighted by Crippen LogP contribution is 2.30. The van der Waals surface area contributed by atoms with Crippen molar-refractivity contribution < 1.29 is 22.1 Å². The first-order chi connectivity index (χ1) is 9.81. The number of nitrogens with two attached hydrogens (primary N) is 1. The third kappa shape index (κ3) is 3.77. The Balaban J connectivity index is 2.19. The molecule has 10 heteroatoms. The minimum Gasteiger partial charge on any atom is -0.482 e. The number of hydrogen-bond acceptors (Lipinski definition) is 6. The van der Waals surface area contributed by atoms with Crippen LogP contribution in [0.5, 0.6) is 5.75 Å². The van der Waals surface area contributed by atoms with E-state index in [2.05, 4.69) is 26.1 Å². The number of primary sulfonamides is 1. The molecular weight excluding hydrogens is 369 g/mol. The Morgan fingerprint density at radius 2 is 2.19 bits per heavy atom. The zero-order chi connectivity index (χ0) is 15.6. The maximum atomic E-state index is 13.7. The number of ether oxygens (including phenoxy) is 1. The first-order valence-electron chi connectivity index (χ1n) is 5.77. The van der Waals surface area contributed by atoms with Crippen LogP contribution in [0, 0.1) is 5.82 Å². The number of nitrogens with zero attached hydrogens (tertiary/aromatic N) is 2. The molecule has 1 aromatic carbocycles. The van der Waals surface area contributed by atoms with Crippen LogP contribution >= 0.6 is 15.9 Å². The fraction of sp³-hybridized carbons (Fsp3) is 0.273. The molecule has 0 radical (unpaired) electrons. The quantitative estimate of drug-likeness (QED) is 0.847. The van der Waals surface area contributed by atoms with Crippen LogP contribution in [0.15, 0.2) is 26.0 Å². The van der Waals surface area contributed by atoms with E-state index in [4.69, 9.17) is 14.4 Å². The summed E-state index contributed by atoms with van der Waals surface area (Å²) in [5.74, 6) is -0.148. The average molecular weight is 380 g/mol. The van der Waals surface area contributed by atoms with Gasteiger partial charge in [0, 0.05) is 12.5 Å². The van der Waals surface area contributed by atoms with Crippen molar-refractivity contribution in [3.8, 4) is 5.75 Å². The summed E-state index contributed by atoms with van der Waals surface area (Å²) in [4.78, 5) is 3.41. The Kier molecular flexibility index (Phi) is 4.59. The SMILES string of the molecule is CCc1noc(COc2cc(F)c(S(N)(=O)=O)cc2Br)n1. The summed E-state index contributed by atoms with van der Waals surface area (Å²) in [6.07, 6.45) is 0.616. The summed E-state index contributed by atoms with van der Waals surface area (Å²) in [5, 5.41) is 8.58. The molecule has 0 aliphatic heterocycles. The van der Waals surface area contributed by atoms with E-state index in [0.29, 0.717) is 12.2 Å². The molecule has 0 aliphatic carbocycles. The average Bonchev–Trinajstić information content (AvgIpc) is 2.86. The van der Waals surface area contributed by atoms with E-state index < -0.39 is 20.7 Å². The molecule has 7 nitrogen and oxygen atoms in total. The first-order valence-corrected chi connectivity index (χ1v) is 8.11. The summed E-state index contributed by atoms with van der Waals surface area (Å²) in [6.45, 7) is 1.80. The third-order valence-electron chi connectivity index (χ3n) is 2.47. The van der Waals surface area contributed by atoms with E-state index >= 15 is 0 Å². The van der Waals surface area contributed by atoms with Gasteiger partial charge in [-0.3, -0.25) is 0 Å². The largest absolute Gasteiger partial charge is 0.482 e. The van der Waals surface area contributed by atoms with Crippen molar-refractivity contribution in [1.82, 2.24) is 10.1 Å². The Bertz CT molecular complexity index is 763. The van der Waals surface area contributed by atoms with Crippen LogP contribution in [0.3, 0.4) is 0 Å². The molecule has 0 fully saturated rings. The number of aromatic nitrogens is 2. The second kappa shape index (κ2) is 6.08. The zero-order valence-corrected chi connectivity index (χ0v) is 13.2. The minimum atomic E-state index is -4.14. The maximum absolute atomic E-state index is 13.7. The molecule has 0 unspecified atom stereocenters. The number of hydrogen-bond donors (Lipinski definition) is 1. The van der Waals surface area contributed by atoms with Crippen LogP contribution in [0.2, 0.25) is 0 Å². The molecule has 21 heavy (non-hydrogen) atoms. The van der Waals surface area contributed by atoms with Gasteiger partial charge in [0.25, 0.3) is 5.89 Å². The number of aryl methyl sites for hydroxylation is 1. The lowest BCUT2D eigenvalue weighted by Gasteiger charge is -2.08. The van der Waals surface area contributed by atoms with Crippen LogP contribution in [-0.2, 0) is 23.1 Å². The predicted molar refractivity (Wildman–Crippen MR) is 73.5 cm³/mol. The van der Waals surface area contributed by atoms with Crippen LogP contribution < -0.4 is 9.88 Å². The molecule has 0 amide bonds. The predicted octanol–water partition coefficient (Wildman–Crippen LogP) is 1.76. The van der Waals surface area contributed by atoms with Gasteiger partial charge >= 0.3 is 0 Å². The van der Waals surface area contributed by atoms with Crippen LogP contribution in [0.25, 0.3) is 0 Å². The van der Waals surface area contributed by atoms with Gasteiger partial charge in [-0.05, 0) is 22.0 Å². The van der Waals surface area contributed by atoms with Gasteiger partial charge in [0.05, 0.1) is 4.47 Å². The topological polar surface area (TPSA) is 108 Å². The van der Waals surface area contributed by atoms with E-state index in [0.717, 1.165) is 12.1 Å². The molecule has 2 N–H and O–H groups in total. The van der Waals surface area contributed by atoms with Gasteiger partial charge in [-0.1, -0.05) is 12.1 Å². The molecule has 114 valence electrons. The highest BCUT2D eigenvalue weighted by molar-refractivity contribution is 9.10. The molecule has 1 heterocycles. The van der Waals surface area contributed by atoms with Gasteiger partial charge in [-0.25, -0.2) is 17.9 Å². The number of rotatable bonds is 5. The van der Waals surface area contributed by atoms with Crippen molar-refractivity contribution in [3.63, 3.8) is 0 Å². The van der Waals surface area contributed by atoms with Crippen molar-refractivity contribution in [3.05, 3.63) is 34.1 Å². The van der Waals surface area contributed by atoms with E-state index in [9.17, 15) is 12.8 Å². The number of halogens is 2. The van der Waals surface area contributed by atoms with Crippen molar-refractivity contribution in [2.24, 2.45) is 5.14 Å². The third-order valence-corrected chi connectivity index (χ3v) is 4.02. The van der Waals surface area contributed by atoms with Gasteiger partial charge < -0.3 is 9.26 Å². The first kappa shape index (κ1) is 15.9. The summed E-state index contributed by atoms with van der Waals surface area (Å²) < 4.78 is 46.5.